The number of nitrogens with one attached hydrogen (secondary N) is 1. The predicted octanol–water partition coefficient (Wildman–Crippen LogP) is 8.48. The number of hydrogen-bond donors (Lipinski definition) is 1. The first-order valence-corrected chi connectivity index (χ1v) is 12.9. The Balaban J connectivity index is 1.86. The molecule has 0 aliphatic carbocycles. The van der Waals surface area contributed by atoms with Gasteiger partial charge < -0.3 is 5.32 Å². The first kappa shape index (κ1) is 26.5. The van der Waals surface area contributed by atoms with Crippen molar-refractivity contribution in [2.75, 3.05) is 18.0 Å². The van der Waals surface area contributed by atoms with Crippen molar-refractivity contribution in [3.8, 4) is 0 Å². The maximum absolute atomic E-state index is 12.3. The fraction of sp³-hybridized carbons (Fsp3) is 0.741. The van der Waals surface area contributed by atoms with E-state index in [0.29, 0.717) is 6.54 Å². The van der Waals surface area contributed by atoms with Crippen molar-refractivity contribution in [1.82, 2.24) is 5.32 Å². The Morgan fingerprint density at radius 1 is 0.667 bits per heavy atom. The van der Waals surface area contributed by atoms with E-state index in [1.807, 2.05) is 37.3 Å². The molecule has 2 amide bonds. The lowest BCUT2D eigenvalue weighted by Crippen LogP contribution is -2.40. The number of carbonyl (C=O) groups excluding carboxylic acids is 1. The molecule has 0 saturated carbocycles. The zero-order valence-electron chi connectivity index (χ0n) is 20.0. The average Bonchev–Trinajstić information content (AvgIpc) is 2.77. The molecule has 0 unspecified atom stereocenters. The van der Waals surface area contributed by atoms with E-state index in [4.69, 9.17) is 0 Å². The molecule has 0 aromatic heterocycles. The maximum atomic E-state index is 12.3. The lowest BCUT2D eigenvalue weighted by atomic mass is 10.0. The second kappa shape index (κ2) is 19.5. The molecule has 30 heavy (non-hydrogen) atoms. The predicted molar refractivity (Wildman–Crippen MR) is 132 cm³/mol. The van der Waals surface area contributed by atoms with Crippen molar-refractivity contribution < 1.29 is 4.79 Å². The van der Waals surface area contributed by atoms with Crippen LogP contribution in [0, 0.1) is 0 Å². The quantitative estimate of drug-likeness (QED) is 0.225. The summed E-state index contributed by atoms with van der Waals surface area (Å²) < 4.78 is 0. The molecular weight excluding hydrogens is 368 g/mol. The topological polar surface area (TPSA) is 32.3 Å². The molecule has 0 atom stereocenters. The van der Waals surface area contributed by atoms with Crippen molar-refractivity contribution in [3.05, 3.63) is 30.3 Å². The number of urea groups is 1. The van der Waals surface area contributed by atoms with E-state index in [1.165, 1.54) is 96.3 Å². The zero-order valence-corrected chi connectivity index (χ0v) is 20.0. The number of unbranched alkanes of at least 4 members (excludes halogenated alkanes) is 15. The standard InChI is InChI=1S/C27H48N2O/c1-3-5-6-7-8-9-10-11-12-13-14-15-16-17-18-22-25-28-27(30)29(4-2)26-23-20-19-21-24-26/h19-21,23-24H,3-18,22,25H2,1-2H3,(H,28,30). The van der Waals surface area contributed by atoms with Gasteiger partial charge in [-0.1, -0.05) is 121 Å². The largest absolute Gasteiger partial charge is 0.338 e. The zero-order chi connectivity index (χ0) is 21.7. The molecule has 0 saturated heterocycles. The molecule has 0 heterocycles. The van der Waals surface area contributed by atoms with E-state index in [1.54, 1.807) is 4.90 Å². The van der Waals surface area contributed by atoms with Gasteiger partial charge in [0.25, 0.3) is 0 Å². The molecule has 3 heteroatoms. The van der Waals surface area contributed by atoms with Crippen LogP contribution in [0.4, 0.5) is 10.5 Å². The van der Waals surface area contributed by atoms with Gasteiger partial charge in [0.15, 0.2) is 0 Å². The molecule has 3 nitrogen and oxygen atoms in total. The second-order valence-corrected chi connectivity index (χ2v) is 8.62. The molecule has 0 radical (unpaired) electrons. The summed E-state index contributed by atoms with van der Waals surface area (Å²) in [6.45, 7) is 5.77. The molecule has 0 aliphatic heterocycles. The summed E-state index contributed by atoms with van der Waals surface area (Å²) in [5.74, 6) is 0. The van der Waals surface area contributed by atoms with Crippen molar-refractivity contribution in [1.29, 1.82) is 0 Å². The summed E-state index contributed by atoms with van der Waals surface area (Å²) in [5.41, 5.74) is 0.962. The van der Waals surface area contributed by atoms with Crippen molar-refractivity contribution in [3.63, 3.8) is 0 Å². The Kier molecular flexibility index (Phi) is 17.2. The molecule has 1 N–H and O–H groups in total. The summed E-state index contributed by atoms with van der Waals surface area (Å²) >= 11 is 0. The van der Waals surface area contributed by atoms with Crippen LogP contribution in [-0.4, -0.2) is 19.1 Å². The molecule has 0 aliphatic rings. The van der Waals surface area contributed by atoms with Gasteiger partial charge in [0.1, 0.15) is 0 Å². The van der Waals surface area contributed by atoms with Gasteiger partial charge >= 0.3 is 6.03 Å². The summed E-state index contributed by atoms with van der Waals surface area (Å²) in [6.07, 6.45) is 22.0. The molecular formula is C27H48N2O. The van der Waals surface area contributed by atoms with E-state index in [0.717, 1.165) is 18.7 Å². The van der Waals surface area contributed by atoms with Gasteiger partial charge in [0, 0.05) is 18.8 Å². The molecule has 172 valence electrons. The van der Waals surface area contributed by atoms with Gasteiger partial charge in [-0.3, -0.25) is 4.90 Å². The Hall–Kier alpha value is -1.51. The van der Waals surface area contributed by atoms with E-state index in [9.17, 15) is 4.79 Å². The minimum absolute atomic E-state index is 0.0182. The van der Waals surface area contributed by atoms with Crippen LogP contribution in [0.3, 0.4) is 0 Å². The van der Waals surface area contributed by atoms with Crippen molar-refractivity contribution >= 4 is 11.7 Å². The number of carbonyl (C=O) groups is 1. The van der Waals surface area contributed by atoms with Gasteiger partial charge in [-0.05, 0) is 25.5 Å². The summed E-state index contributed by atoms with van der Waals surface area (Å²) in [4.78, 5) is 14.1. The van der Waals surface area contributed by atoms with Crippen LogP contribution in [0.5, 0.6) is 0 Å². The highest BCUT2D eigenvalue weighted by molar-refractivity contribution is 5.91. The molecule has 1 aromatic rings. The van der Waals surface area contributed by atoms with E-state index < -0.39 is 0 Å². The third kappa shape index (κ3) is 13.7. The van der Waals surface area contributed by atoms with Crippen LogP contribution in [0.25, 0.3) is 0 Å². The third-order valence-electron chi connectivity index (χ3n) is 5.94. The number of para-hydroxylation sites is 1. The van der Waals surface area contributed by atoms with Crippen LogP contribution in [0.1, 0.15) is 117 Å². The molecule has 0 fully saturated rings. The normalized spacial score (nSPS) is 10.9. The van der Waals surface area contributed by atoms with Gasteiger partial charge in [0.05, 0.1) is 0 Å². The summed E-state index contributed by atoms with van der Waals surface area (Å²) in [5, 5.41) is 3.07. The van der Waals surface area contributed by atoms with Gasteiger partial charge in [-0.15, -0.1) is 0 Å². The summed E-state index contributed by atoms with van der Waals surface area (Å²) in [7, 11) is 0. The number of amides is 2. The third-order valence-corrected chi connectivity index (χ3v) is 5.94. The first-order chi connectivity index (χ1) is 14.8. The van der Waals surface area contributed by atoms with E-state index >= 15 is 0 Å². The summed E-state index contributed by atoms with van der Waals surface area (Å²) in [6, 6.07) is 9.91. The van der Waals surface area contributed by atoms with E-state index in [2.05, 4.69) is 12.2 Å². The highest BCUT2D eigenvalue weighted by Crippen LogP contribution is 2.14. The highest BCUT2D eigenvalue weighted by atomic mass is 16.2. The second-order valence-electron chi connectivity index (χ2n) is 8.62. The first-order valence-electron chi connectivity index (χ1n) is 12.9. The van der Waals surface area contributed by atoms with Crippen LogP contribution in [-0.2, 0) is 0 Å². The van der Waals surface area contributed by atoms with Crippen LogP contribution < -0.4 is 10.2 Å². The number of nitrogens with zero attached hydrogens (tertiary/aromatic N) is 1. The van der Waals surface area contributed by atoms with Crippen LogP contribution >= 0.6 is 0 Å². The van der Waals surface area contributed by atoms with Gasteiger partial charge in [-0.2, -0.15) is 0 Å². The monoisotopic (exact) mass is 416 g/mol. The Morgan fingerprint density at radius 3 is 1.53 bits per heavy atom. The Bertz CT molecular complexity index is 503. The Labute approximate surface area is 187 Å². The minimum atomic E-state index is 0.0182. The fourth-order valence-electron chi connectivity index (χ4n) is 4.02. The molecule has 0 spiro atoms. The maximum Gasteiger partial charge on any atom is 0.321 e. The fourth-order valence-corrected chi connectivity index (χ4v) is 4.02. The van der Waals surface area contributed by atoms with Crippen LogP contribution in [0.2, 0.25) is 0 Å². The lowest BCUT2D eigenvalue weighted by Gasteiger charge is -2.21. The molecule has 0 bridgehead atoms. The molecule has 1 rings (SSSR count). The van der Waals surface area contributed by atoms with E-state index in [-0.39, 0.29) is 6.03 Å². The highest BCUT2D eigenvalue weighted by Gasteiger charge is 2.12. The smallest absolute Gasteiger partial charge is 0.321 e. The SMILES string of the molecule is CCCCCCCCCCCCCCCCCCNC(=O)N(CC)c1ccccc1. The molecule has 1 aromatic carbocycles. The van der Waals surface area contributed by atoms with Crippen molar-refractivity contribution in [2.45, 2.75) is 117 Å². The number of anilines is 1. The minimum Gasteiger partial charge on any atom is -0.338 e. The average molecular weight is 417 g/mol. The Morgan fingerprint density at radius 2 is 1.10 bits per heavy atom. The van der Waals surface area contributed by atoms with Gasteiger partial charge in [0.2, 0.25) is 0 Å². The van der Waals surface area contributed by atoms with Crippen LogP contribution in [0.15, 0.2) is 30.3 Å². The lowest BCUT2D eigenvalue weighted by molar-refractivity contribution is 0.246. The number of rotatable bonds is 19. The number of hydrogen-bond acceptors (Lipinski definition) is 1. The number of benzene rings is 1. The van der Waals surface area contributed by atoms with Gasteiger partial charge in [-0.25, -0.2) is 4.79 Å². The van der Waals surface area contributed by atoms with Crippen molar-refractivity contribution in [2.24, 2.45) is 0 Å².